The van der Waals surface area contributed by atoms with Crippen molar-refractivity contribution in [2.75, 3.05) is 53.7 Å². The minimum Gasteiger partial charge on any atom is -0.497 e. The Hall–Kier alpha value is -4.60. The molecular weight excluding hydrogens is 520 g/mol. The Labute approximate surface area is 238 Å². The van der Waals surface area contributed by atoms with Crippen LogP contribution < -0.4 is 25.2 Å². The van der Waals surface area contributed by atoms with Gasteiger partial charge in [0.25, 0.3) is 5.91 Å². The highest BCUT2D eigenvalue weighted by Crippen LogP contribution is 2.46. The van der Waals surface area contributed by atoms with Gasteiger partial charge in [-0.15, -0.1) is 0 Å². The van der Waals surface area contributed by atoms with Gasteiger partial charge in [-0.05, 0) is 73.7 Å². The maximum atomic E-state index is 13.7. The SMILES string of the molecule is COc1ccc2c(c1)CCN(C1CCN(c3ccnc(C(=O)N4C(=O)C5CCNc6cccc4c65)c3)CC1)C(=O)N2. The molecule has 1 fully saturated rings. The molecule has 0 spiro atoms. The van der Waals surface area contributed by atoms with Crippen LogP contribution in [-0.4, -0.2) is 67.1 Å². The van der Waals surface area contributed by atoms with Crippen LogP contribution in [0.5, 0.6) is 5.75 Å². The van der Waals surface area contributed by atoms with E-state index in [0.29, 0.717) is 25.2 Å². The molecule has 0 aliphatic carbocycles. The number of pyridine rings is 1. The Kier molecular flexibility index (Phi) is 6.25. The molecule has 10 nitrogen and oxygen atoms in total. The van der Waals surface area contributed by atoms with Crippen molar-refractivity contribution in [3.63, 3.8) is 0 Å². The lowest BCUT2D eigenvalue weighted by molar-refractivity contribution is -0.118. The number of methoxy groups -OCH3 is 1. The van der Waals surface area contributed by atoms with Crippen molar-refractivity contribution in [3.8, 4) is 5.75 Å². The molecule has 7 rings (SSSR count). The van der Waals surface area contributed by atoms with Gasteiger partial charge >= 0.3 is 6.03 Å². The van der Waals surface area contributed by atoms with Gasteiger partial charge in [0.1, 0.15) is 11.4 Å². The summed E-state index contributed by atoms with van der Waals surface area (Å²) >= 11 is 0. The molecule has 1 atom stereocenters. The molecular formula is C31H32N6O4. The number of piperidine rings is 1. The molecule has 1 unspecified atom stereocenters. The molecule has 10 heteroatoms. The largest absolute Gasteiger partial charge is 0.497 e. The highest BCUT2D eigenvalue weighted by atomic mass is 16.5. The van der Waals surface area contributed by atoms with E-state index >= 15 is 0 Å². The quantitative estimate of drug-likeness (QED) is 0.467. The maximum Gasteiger partial charge on any atom is 0.322 e. The summed E-state index contributed by atoms with van der Waals surface area (Å²) in [6, 6.07) is 15.2. The highest BCUT2D eigenvalue weighted by molar-refractivity contribution is 6.26. The zero-order valence-corrected chi connectivity index (χ0v) is 22.9. The summed E-state index contributed by atoms with van der Waals surface area (Å²) < 4.78 is 5.36. The van der Waals surface area contributed by atoms with Crippen molar-refractivity contribution in [1.29, 1.82) is 0 Å². The summed E-state index contributed by atoms with van der Waals surface area (Å²) in [6.07, 6.45) is 4.70. The summed E-state index contributed by atoms with van der Waals surface area (Å²) in [7, 11) is 1.65. The lowest BCUT2D eigenvalue weighted by Gasteiger charge is -2.39. The number of amides is 4. The number of urea groups is 1. The Morgan fingerprint density at radius 1 is 1.00 bits per heavy atom. The molecule has 3 aromatic rings. The Bertz CT molecular complexity index is 1550. The molecule has 5 heterocycles. The summed E-state index contributed by atoms with van der Waals surface area (Å²) in [6.45, 7) is 2.85. The highest BCUT2D eigenvalue weighted by Gasteiger charge is 2.44. The zero-order chi connectivity index (χ0) is 28.1. The van der Waals surface area contributed by atoms with E-state index in [9.17, 15) is 14.4 Å². The summed E-state index contributed by atoms with van der Waals surface area (Å²) in [5.41, 5.74) is 5.55. The number of nitrogens with zero attached hydrogens (tertiary/aromatic N) is 4. The monoisotopic (exact) mass is 552 g/mol. The van der Waals surface area contributed by atoms with Gasteiger partial charge in [-0.3, -0.25) is 14.6 Å². The predicted molar refractivity (Wildman–Crippen MR) is 156 cm³/mol. The molecule has 2 N–H and O–H groups in total. The number of carbonyl (C=O) groups excluding carboxylic acids is 3. The van der Waals surface area contributed by atoms with Gasteiger partial charge in [0, 0.05) is 61.0 Å². The lowest BCUT2D eigenvalue weighted by atomic mass is 9.92. The third kappa shape index (κ3) is 4.34. The molecule has 0 bridgehead atoms. The molecule has 4 aliphatic heterocycles. The number of rotatable bonds is 4. The lowest BCUT2D eigenvalue weighted by Crippen LogP contribution is -2.49. The molecule has 1 saturated heterocycles. The summed E-state index contributed by atoms with van der Waals surface area (Å²) in [5.74, 6) is -0.0801. The van der Waals surface area contributed by atoms with E-state index in [-0.39, 0.29) is 29.6 Å². The Balaban J connectivity index is 1.04. The molecule has 4 amide bonds. The first-order valence-corrected chi connectivity index (χ1v) is 14.2. The number of aromatic nitrogens is 1. The number of hydrogen-bond acceptors (Lipinski definition) is 7. The number of hydrogen-bond donors (Lipinski definition) is 2. The zero-order valence-electron chi connectivity index (χ0n) is 22.9. The fourth-order valence-corrected chi connectivity index (χ4v) is 6.68. The van der Waals surface area contributed by atoms with Crippen LogP contribution in [-0.2, 0) is 11.2 Å². The number of ether oxygens (including phenoxy) is 1. The summed E-state index contributed by atoms with van der Waals surface area (Å²) in [4.78, 5) is 49.9. The topological polar surface area (TPSA) is 107 Å². The maximum absolute atomic E-state index is 13.7. The average molecular weight is 553 g/mol. The van der Waals surface area contributed by atoms with Crippen molar-refractivity contribution >= 4 is 40.6 Å². The van der Waals surface area contributed by atoms with E-state index in [1.54, 1.807) is 19.4 Å². The van der Waals surface area contributed by atoms with Crippen LogP contribution >= 0.6 is 0 Å². The second-order valence-corrected chi connectivity index (χ2v) is 11.0. The summed E-state index contributed by atoms with van der Waals surface area (Å²) in [5, 5.41) is 6.41. The van der Waals surface area contributed by atoms with Gasteiger partial charge in [-0.1, -0.05) is 6.07 Å². The van der Waals surface area contributed by atoms with Crippen molar-refractivity contribution in [3.05, 3.63) is 71.5 Å². The van der Waals surface area contributed by atoms with Crippen molar-refractivity contribution in [2.24, 2.45) is 0 Å². The predicted octanol–water partition coefficient (Wildman–Crippen LogP) is 4.24. The number of carbonyl (C=O) groups is 3. The van der Waals surface area contributed by atoms with Gasteiger partial charge in [0.15, 0.2) is 0 Å². The fourth-order valence-electron chi connectivity index (χ4n) is 6.68. The van der Waals surface area contributed by atoms with Crippen molar-refractivity contribution in [1.82, 2.24) is 9.88 Å². The second kappa shape index (κ2) is 10.1. The van der Waals surface area contributed by atoms with Crippen LogP contribution in [0.1, 0.15) is 46.8 Å². The minimum absolute atomic E-state index is 0.0691. The van der Waals surface area contributed by atoms with E-state index in [2.05, 4.69) is 20.5 Å². The molecule has 210 valence electrons. The van der Waals surface area contributed by atoms with Crippen LogP contribution in [0.4, 0.5) is 27.5 Å². The van der Waals surface area contributed by atoms with E-state index in [1.165, 1.54) is 4.90 Å². The molecule has 2 aromatic carbocycles. The molecule has 0 saturated carbocycles. The third-order valence-corrected chi connectivity index (χ3v) is 8.81. The molecule has 1 aromatic heterocycles. The normalized spacial score (nSPS) is 20.1. The van der Waals surface area contributed by atoms with Crippen LogP contribution in [0.3, 0.4) is 0 Å². The van der Waals surface area contributed by atoms with Crippen molar-refractivity contribution < 1.29 is 19.1 Å². The third-order valence-electron chi connectivity index (χ3n) is 8.81. The van der Waals surface area contributed by atoms with Gasteiger partial charge in [0.2, 0.25) is 5.91 Å². The first-order valence-electron chi connectivity index (χ1n) is 14.2. The van der Waals surface area contributed by atoms with Crippen LogP contribution in [0, 0.1) is 0 Å². The number of imide groups is 1. The smallest absolute Gasteiger partial charge is 0.322 e. The number of benzene rings is 2. The molecule has 0 radical (unpaired) electrons. The number of fused-ring (bicyclic) bond motifs is 1. The van der Waals surface area contributed by atoms with Crippen LogP contribution in [0.25, 0.3) is 0 Å². The van der Waals surface area contributed by atoms with E-state index in [0.717, 1.165) is 66.3 Å². The Morgan fingerprint density at radius 3 is 2.68 bits per heavy atom. The number of nitrogens with one attached hydrogen (secondary N) is 2. The second-order valence-electron chi connectivity index (χ2n) is 11.0. The van der Waals surface area contributed by atoms with Crippen LogP contribution in [0.2, 0.25) is 0 Å². The number of anilines is 4. The standard InChI is InChI=1S/C31H32N6O4/c1-41-22-5-6-24-19(17-22)9-16-36(31(40)34-24)20-10-14-35(15-11-20)21-7-12-33-26(18-21)30(39)37-27-4-2-3-25-28(27)23(29(37)38)8-13-32-25/h2-7,12,17-18,20,23,32H,8-11,13-16H2,1H3,(H,34,40). The van der Waals surface area contributed by atoms with Crippen LogP contribution in [0.15, 0.2) is 54.7 Å². The van der Waals surface area contributed by atoms with E-state index in [1.807, 2.05) is 47.4 Å². The molecule has 41 heavy (non-hydrogen) atoms. The first kappa shape index (κ1) is 25.4. The fraction of sp³-hybridized carbons (Fsp3) is 0.355. The van der Waals surface area contributed by atoms with E-state index < -0.39 is 5.91 Å². The molecule has 4 aliphatic rings. The van der Waals surface area contributed by atoms with Gasteiger partial charge in [0.05, 0.1) is 18.7 Å². The average Bonchev–Trinajstić information content (AvgIpc) is 3.19. The van der Waals surface area contributed by atoms with Gasteiger partial charge in [-0.25, -0.2) is 9.69 Å². The van der Waals surface area contributed by atoms with Gasteiger partial charge in [-0.2, -0.15) is 0 Å². The van der Waals surface area contributed by atoms with Gasteiger partial charge < -0.3 is 25.2 Å². The van der Waals surface area contributed by atoms with E-state index in [4.69, 9.17) is 4.74 Å². The first-order chi connectivity index (χ1) is 20.0. The van der Waals surface area contributed by atoms with Crippen molar-refractivity contribution in [2.45, 2.75) is 37.6 Å². The minimum atomic E-state index is -0.396. The Morgan fingerprint density at radius 2 is 1.85 bits per heavy atom.